The fraction of sp³-hybridized carbons (Fsp3) is 0.350. The minimum Gasteiger partial charge on any atom is -0.497 e. The normalized spacial score (nSPS) is 15.1. The van der Waals surface area contributed by atoms with Gasteiger partial charge in [0.05, 0.1) is 19.1 Å². The van der Waals surface area contributed by atoms with Crippen molar-refractivity contribution < 1.29 is 18.7 Å². The Morgan fingerprint density at radius 2 is 1.80 bits per heavy atom. The minimum absolute atomic E-state index is 0.123. The summed E-state index contributed by atoms with van der Waals surface area (Å²) < 4.78 is 24.8. The average molecular weight is 343 g/mol. The van der Waals surface area contributed by atoms with Crippen LogP contribution in [0.5, 0.6) is 11.5 Å². The maximum Gasteiger partial charge on any atom is 0.230 e. The summed E-state index contributed by atoms with van der Waals surface area (Å²) in [7, 11) is 1.61. The Labute approximate surface area is 147 Å². The molecular weight excluding hydrogens is 321 g/mol. The maximum atomic E-state index is 14.1. The molecule has 0 heterocycles. The molecule has 1 aliphatic rings. The van der Waals surface area contributed by atoms with Crippen molar-refractivity contribution in [1.29, 1.82) is 0 Å². The van der Waals surface area contributed by atoms with Gasteiger partial charge in [-0.15, -0.1) is 0 Å². The molecule has 3 rings (SSSR count). The highest BCUT2D eigenvalue weighted by molar-refractivity contribution is 5.89. The van der Waals surface area contributed by atoms with Crippen molar-refractivity contribution in [3.63, 3.8) is 0 Å². The fourth-order valence-corrected chi connectivity index (χ4v) is 3.17. The molecule has 25 heavy (non-hydrogen) atoms. The van der Waals surface area contributed by atoms with E-state index in [2.05, 4.69) is 5.32 Å². The summed E-state index contributed by atoms with van der Waals surface area (Å²) >= 11 is 0. The number of carbonyl (C=O) groups is 1. The first kappa shape index (κ1) is 17.3. The van der Waals surface area contributed by atoms with Crippen molar-refractivity contribution in [1.82, 2.24) is 5.32 Å². The summed E-state index contributed by atoms with van der Waals surface area (Å²) in [5.41, 5.74) is -0.235. The van der Waals surface area contributed by atoms with Crippen LogP contribution in [0.1, 0.15) is 24.8 Å². The lowest BCUT2D eigenvalue weighted by Gasteiger charge is -2.40. The molecule has 0 radical (unpaired) electrons. The Hall–Kier alpha value is -2.56. The van der Waals surface area contributed by atoms with Gasteiger partial charge in [-0.1, -0.05) is 24.6 Å². The zero-order valence-corrected chi connectivity index (χ0v) is 14.3. The largest absolute Gasteiger partial charge is 0.497 e. The molecule has 2 aromatic rings. The van der Waals surface area contributed by atoms with Crippen LogP contribution in [0.4, 0.5) is 4.39 Å². The van der Waals surface area contributed by atoms with Gasteiger partial charge in [-0.2, -0.15) is 0 Å². The van der Waals surface area contributed by atoms with E-state index in [1.54, 1.807) is 25.3 Å². The second kappa shape index (κ2) is 7.55. The molecule has 0 unspecified atom stereocenters. The summed E-state index contributed by atoms with van der Waals surface area (Å²) in [4.78, 5) is 12.6. The summed E-state index contributed by atoms with van der Waals surface area (Å²) in [5, 5.41) is 2.89. The first-order valence-electron chi connectivity index (χ1n) is 8.46. The molecule has 4 nitrogen and oxygen atoms in total. The third kappa shape index (κ3) is 3.60. The van der Waals surface area contributed by atoms with Gasteiger partial charge in [0.15, 0.2) is 0 Å². The van der Waals surface area contributed by atoms with Gasteiger partial charge < -0.3 is 14.8 Å². The lowest BCUT2D eigenvalue weighted by molar-refractivity contribution is -0.130. The van der Waals surface area contributed by atoms with Gasteiger partial charge in [-0.05, 0) is 43.2 Å². The third-order valence-corrected chi connectivity index (χ3v) is 4.75. The number of nitrogens with one attached hydrogen (secondary N) is 1. The highest BCUT2D eigenvalue weighted by Gasteiger charge is 2.46. The van der Waals surface area contributed by atoms with E-state index in [9.17, 15) is 9.18 Å². The van der Waals surface area contributed by atoms with Crippen LogP contribution < -0.4 is 14.8 Å². The first-order valence-corrected chi connectivity index (χ1v) is 8.46. The number of ether oxygens (including phenoxy) is 2. The standard InChI is InChI=1S/C20H22FNO3/c1-24-15-7-9-16(10-8-15)25-14-13-22-19(23)20(11-4-12-20)17-5-2-3-6-18(17)21/h2-3,5-10H,4,11-14H2,1H3,(H,22,23). The van der Waals surface area contributed by atoms with Crippen LogP contribution in [0.25, 0.3) is 0 Å². The summed E-state index contributed by atoms with van der Waals surface area (Å²) in [5.74, 6) is 1.04. The van der Waals surface area contributed by atoms with E-state index in [4.69, 9.17) is 9.47 Å². The van der Waals surface area contributed by atoms with Crippen LogP contribution in [0.15, 0.2) is 48.5 Å². The average Bonchev–Trinajstić information content (AvgIpc) is 2.60. The topological polar surface area (TPSA) is 47.6 Å². The van der Waals surface area contributed by atoms with Crippen LogP contribution >= 0.6 is 0 Å². The highest BCUT2D eigenvalue weighted by Crippen LogP contribution is 2.44. The minimum atomic E-state index is -0.731. The smallest absolute Gasteiger partial charge is 0.230 e. The lowest BCUT2D eigenvalue weighted by atomic mass is 9.63. The molecule has 1 aliphatic carbocycles. The van der Waals surface area contributed by atoms with Crippen LogP contribution in [0, 0.1) is 5.82 Å². The fourth-order valence-electron chi connectivity index (χ4n) is 3.17. The molecule has 0 saturated heterocycles. The van der Waals surface area contributed by atoms with Crippen LogP contribution in [-0.4, -0.2) is 26.2 Å². The molecular formula is C20H22FNO3. The molecule has 0 atom stereocenters. The predicted molar refractivity (Wildman–Crippen MR) is 93.4 cm³/mol. The second-order valence-electron chi connectivity index (χ2n) is 6.20. The summed E-state index contributed by atoms with van der Waals surface area (Å²) in [6.07, 6.45) is 2.29. The SMILES string of the molecule is COc1ccc(OCCNC(=O)C2(c3ccccc3F)CCC2)cc1. The Bertz CT molecular complexity index is 726. The molecule has 2 aromatic carbocycles. The van der Waals surface area contributed by atoms with Crippen molar-refractivity contribution in [2.24, 2.45) is 0 Å². The Morgan fingerprint density at radius 3 is 2.40 bits per heavy atom. The Balaban J connectivity index is 1.54. The molecule has 0 spiro atoms. The number of rotatable bonds is 7. The van der Waals surface area contributed by atoms with Gasteiger partial charge in [0.25, 0.3) is 0 Å². The lowest BCUT2D eigenvalue weighted by Crippen LogP contribution is -2.50. The number of hydrogen-bond acceptors (Lipinski definition) is 3. The monoisotopic (exact) mass is 343 g/mol. The van der Waals surface area contributed by atoms with E-state index in [1.165, 1.54) is 6.07 Å². The van der Waals surface area contributed by atoms with E-state index in [0.29, 0.717) is 37.3 Å². The van der Waals surface area contributed by atoms with Gasteiger partial charge in [-0.3, -0.25) is 4.79 Å². The van der Waals surface area contributed by atoms with Crippen molar-refractivity contribution in [2.45, 2.75) is 24.7 Å². The van der Waals surface area contributed by atoms with Crippen molar-refractivity contribution in [3.8, 4) is 11.5 Å². The first-order chi connectivity index (χ1) is 12.2. The number of hydrogen-bond donors (Lipinski definition) is 1. The number of carbonyl (C=O) groups excluding carboxylic acids is 1. The second-order valence-corrected chi connectivity index (χ2v) is 6.20. The number of halogens is 1. The van der Waals surface area contributed by atoms with E-state index in [-0.39, 0.29) is 11.7 Å². The molecule has 1 saturated carbocycles. The molecule has 1 N–H and O–H groups in total. The van der Waals surface area contributed by atoms with Gasteiger partial charge in [0.1, 0.15) is 23.9 Å². The highest BCUT2D eigenvalue weighted by atomic mass is 19.1. The number of benzene rings is 2. The van der Waals surface area contributed by atoms with Crippen LogP contribution in [0.2, 0.25) is 0 Å². The molecule has 1 amide bonds. The number of amides is 1. The van der Waals surface area contributed by atoms with Crippen molar-refractivity contribution in [2.75, 3.05) is 20.3 Å². The Morgan fingerprint density at radius 1 is 1.12 bits per heavy atom. The predicted octanol–water partition coefficient (Wildman–Crippen LogP) is 3.45. The Kier molecular flexibility index (Phi) is 5.22. The summed E-state index contributed by atoms with van der Waals surface area (Å²) in [6.45, 7) is 0.729. The molecule has 0 bridgehead atoms. The number of methoxy groups -OCH3 is 1. The van der Waals surface area contributed by atoms with Crippen molar-refractivity contribution in [3.05, 3.63) is 59.9 Å². The third-order valence-electron chi connectivity index (χ3n) is 4.75. The van der Waals surface area contributed by atoms with E-state index in [1.807, 2.05) is 24.3 Å². The molecule has 0 aliphatic heterocycles. The quantitative estimate of drug-likeness (QED) is 0.783. The van der Waals surface area contributed by atoms with Gasteiger partial charge in [-0.25, -0.2) is 4.39 Å². The molecule has 1 fully saturated rings. The van der Waals surface area contributed by atoms with E-state index >= 15 is 0 Å². The molecule has 5 heteroatoms. The van der Waals surface area contributed by atoms with Crippen molar-refractivity contribution >= 4 is 5.91 Å². The van der Waals surface area contributed by atoms with Gasteiger partial charge in [0, 0.05) is 5.56 Å². The van der Waals surface area contributed by atoms with Gasteiger partial charge in [0.2, 0.25) is 5.91 Å². The van der Waals surface area contributed by atoms with Gasteiger partial charge >= 0.3 is 0 Å². The molecule has 132 valence electrons. The zero-order chi connectivity index (χ0) is 17.7. The van der Waals surface area contributed by atoms with Crippen LogP contribution in [-0.2, 0) is 10.2 Å². The zero-order valence-electron chi connectivity index (χ0n) is 14.3. The van der Waals surface area contributed by atoms with Crippen LogP contribution in [0.3, 0.4) is 0 Å². The van der Waals surface area contributed by atoms with E-state index < -0.39 is 5.41 Å². The van der Waals surface area contributed by atoms with E-state index in [0.717, 1.165) is 12.2 Å². The maximum absolute atomic E-state index is 14.1. The molecule has 0 aromatic heterocycles. The summed E-state index contributed by atoms with van der Waals surface area (Å²) in [6, 6.07) is 13.8.